The van der Waals surface area contributed by atoms with Crippen LogP contribution in [0.4, 0.5) is 0 Å². The minimum atomic E-state index is -0.266. The van der Waals surface area contributed by atoms with E-state index in [-0.39, 0.29) is 6.17 Å². The maximum absolute atomic E-state index is 7.11. The van der Waals surface area contributed by atoms with Gasteiger partial charge in [-0.2, -0.15) is 0 Å². The highest BCUT2D eigenvalue weighted by Crippen LogP contribution is 2.42. The molecule has 3 aromatic heterocycles. The molecular formula is C58H39N5O. The van der Waals surface area contributed by atoms with Crippen molar-refractivity contribution >= 4 is 77.2 Å². The Kier molecular flexibility index (Phi) is 8.09. The second kappa shape index (κ2) is 14.3. The molecule has 0 fully saturated rings. The van der Waals surface area contributed by atoms with Crippen LogP contribution in [0.15, 0.2) is 227 Å². The summed E-state index contributed by atoms with van der Waals surface area (Å²) in [5, 5.41) is 6.91. The number of para-hydroxylation sites is 5. The fourth-order valence-corrected chi connectivity index (χ4v) is 10.0. The number of benzene rings is 9. The molecule has 0 saturated carbocycles. The number of rotatable bonds is 6. The van der Waals surface area contributed by atoms with Gasteiger partial charge >= 0.3 is 0 Å². The van der Waals surface area contributed by atoms with Crippen molar-refractivity contribution in [3.05, 3.63) is 229 Å². The van der Waals surface area contributed by atoms with Crippen LogP contribution in [0.5, 0.6) is 0 Å². The molecule has 13 rings (SSSR count). The van der Waals surface area contributed by atoms with Crippen molar-refractivity contribution in [3.63, 3.8) is 0 Å². The van der Waals surface area contributed by atoms with Crippen molar-refractivity contribution in [2.24, 2.45) is 9.98 Å². The minimum Gasteiger partial charge on any atom is -0.453 e. The second-order valence-electron chi connectivity index (χ2n) is 16.6. The van der Waals surface area contributed by atoms with E-state index in [9.17, 15) is 0 Å². The Labute approximate surface area is 368 Å². The van der Waals surface area contributed by atoms with E-state index in [1.165, 1.54) is 43.7 Å². The molecule has 0 radical (unpaired) electrons. The van der Waals surface area contributed by atoms with Crippen molar-refractivity contribution in [1.82, 2.24) is 14.0 Å². The first-order chi connectivity index (χ1) is 31.7. The number of furan rings is 1. The molecule has 0 N–H and O–H groups in total. The lowest BCUT2D eigenvalue weighted by Crippen LogP contribution is -2.35. The Morgan fingerprint density at radius 1 is 0.422 bits per heavy atom. The van der Waals surface area contributed by atoms with Gasteiger partial charge in [0.05, 0.1) is 33.3 Å². The van der Waals surface area contributed by atoms with E-state index < -0.39 is 0 Å². The third kappa shape index (κ3) is 5.52. The highest BCUT2D eigenvalue weighted by molar-refractivity contribution is 6.21. The minimum absolute atomic E-state index is 0.266. The molecular weight excluding hydrogens is 783 g/mol. The van der Waals surface area contributed by atoms with E-state index in [0.29, 0.717) is 5.84 Å². The molecule has 0 saturated heterocycles. The average Bonchev–Trinajstić information content (AvgIpc) is 4.02. The van der Waals surface area contributed by atoms with Crippen molar-refractivity contribution < 1.29 is 4.42 Å². The number of aromatic nitrogens is 2. The van der Waals surface area contributed by atoms with Crippen molar-refractivity contribution in [1.29, 1.82) is 0 Å². The molecule has 0 aliphatic carbocycles. The van der Waals surface area contributed by atoms with Crippen LogP contribution in [0.2, 0.25) is 0 Å². The van der Waals surface area contributed by atoms with Crippen molar-refractivity contribution in [3.8, 4) is 22.5 Å². The van der Waals surface area contributed by atoms with Gasteiger partial charge in [-0.05, 0) is 77.4 Å². The molecule has 1 unspecified atom stereocenters. The molecule has 6 heteroatoms. The van der Waals surface area contributed by atoms with E-state index in [0.717, 1.165) is 66.9 Å². The normalized spacial score (nSPS) is 14.3. The molecule has 0 amide bonds. The Morgan fingerprint density at radius 2 is 0.953 bits per heavy atom. The molecule has 1 aliphatic rings. The predicted molar refractivity (Wildman–Crippen MR) is 264 cm³/mol. The van der Waals surface area contributed by atoms with Crippen LogP contribution in [-0.2, 0) is 0 Å². The number of nitrogens with zero attached hydrogens (tertiary/aromatic N) is 5. The first-order valence-corrected chi connectivity index (χ1v) is 21.7. The SMILES string of the molecule is CN1C(c2ccccc2)=NC(c2cccc3c2oc2c(-n4c5ccccc5c5cc(-c6ccc7c(c6)c6ccccc6n7-c6ccccc6)ccc54)cccc23)=NC1c1ccccc1. The summed E-state index contributed by atoms with van der Waals surface area (Å²) in [6, 6.07) is 75.4. The molecule has 0 spiro atoms. The average molecular weight is 822 g/mol. The fourth-order valence-electron chi connectivity index (χ4n) is 10.0. The molecule has 0 bridgehead atoms. The number of hydrogen-bond donors (Lipinski definition) is 0. The summed E-state index contributed by atoms with van der Waals surface area (Å²) in [6.45, 7) is 0. The first kappa shape index (κ1) is 36.2. The summed E-state index contributed by atoms with van der Waals surface area (Å²) in [4.78, 5) is 12.7. The zero-order chi connectivity index (χ0) is 42.3. The van der Waals surface area contributed by atoms with Gasteiger partial charge in [-0.15, -0.1) is 0 Å². The zero-order valence-electron chi connectivity index (χ0n) is 34.9. The van der Waals surface area contributed by atoms with Crippen LogP contribution in [0.25, 0.3) is 88.1 Å². The molecule has 9 aromatic carbocycles. The Bertz CT molecular complexity index is 3860. The van der Waals surface area contributed by atoms with Gasteiger partial charge in [0, 0.05) is 50.6 Å². The zero-order valence-corrected chi connectivity index (χ0v) is 34.9. The molecule has 6 nitrogen and oxygen atoms in total. The van der Waals surface area contributed by atoms with E-state index in [2.05, 4.69) is 221 Å². The summed E-state index contributed by atoms with van der Waals surface area (Å²) in [5.74, 6) is 1.50. The lowest BCUT2D eigenvalue weighted by Gasteiger charge is -2.32. The molecule has 64 heavy (non-hydrogen) atoms. The van der Waals surface area contributed by atoms with Crippen LogP contribution in [0, 0.1) is 0 Å². The highest BCUT2D eigenvalue weighted by atomic mass is 16.3. The molecule has 1 aliphatic heterocycles. The Morgan fingerprint density at radius 3 is 1.64 bits per heavy atom. The van der Waals surface area contributed by atoms with Crippen LogP contribution < -0.4 is 0 Å². The maximum Gasteiger partial charge on any atom is 0.163 e. The maximum atomic E-state index is 7.11. The van der Waals surface area contributed by atoms with Gasteiger partial charge in [-0.3, -0.25) is 0 Å². The summed E-state index contributed by atoms with van der Waals surface area (Å²) < 4.78 is 11.8. The largest absolute Gasteiger partial charge is 0.453 e. The third-order valence-corrected chi connectivity index (χ3v) is 13.0. The van der Waals surface area contributed by atoms with Crippen molar-refractivity contribution in [2.75, 3.05) is 7.05 Å². The lowest BCUT2D eigenvalue weighted by molar-refractivity contribution is 0.383. The Hall–Kier alpha value is -8.48. The topological polar surface area (TPSA) is 51.0 Å². The molecule has 302 valence electrons. The number of amidine groups is 2. The van der Waals surface area contributed by atoms with Gasteiger partial charge in [-0.25, -0.2) is 9.98 Å². The highest BCUT2D eigenvalue weighted by Gasteiger charge is 2.28. The lowest BCUT2D eigenvalue weighted by atomic mass is 10.0. The van der Waals surface area contributed by atoms with Gasteiger partial charge in [0.2, 0.25) is 0 Å². The van der Waals surface area contributed by atoms with E-state index >= 15 is 0 Å². The smallest absolute Gasteiger partial charge is 0.163 e. The third-order valence-electron chi connectivity index (χ3n) is 13.0. The van der Waals surface area contributed by atoms with E-state index in [4.69, 9.17) is 14.4 Å². The summed E-state index contributed by atoms with van der Waals surface area (Å²) in [6.07, 6.45) is -0.266. The van der Waals surface area contributed by atoms with Gasteiger partial charge in [0.1, 0.15) is 17.6 Å². The second-order valence-corrected chi connectivity index (χ2v) is 16.6. The van der Waals surface area contributed by atoms with E-state index in [1.54, 1.807) is 0 Å². The van der Waals surface area contributed by atoms with Gasteiger partial charge in [0.15, 0.2) is 11.4 Å². The number of hydrogen-bond acceptors (Lipinski definition) is 4. The number of fused-ring (bicyclic) bond motifs is 9. The fraction of sp³-hybridized carbons (Fsp3) is 0.0345. The standard InChI is InChI=1S/C58H39N5O/c1-61-57(37-17-5-2-6-18-37)59-56(60-58(61)38-19-7-3-8-20-38)46-27-15-25-44-45-26-16-30-53(55(45)64-54(44)46)63-50-29-14-12-24-43(50)48-36-40(32-34-52(48)63)39-31-33-51-47(35-39)42-23-11-13-28-49(42)62(51)41-21-9-4-10-22-41/h2-36,57H,1H3. The monoisotopic (exact) mass is 821 g/mol. The van der Waals surface area contributed by atoms with Gasteiger partial charge in [-0.1, -0.05) is 152 Å². The van der Waals surface area contributed by atoms with Crippen LogP contribution in [0.3, 0.4) is 0 Å². The Balaban J connectivity index is 0.971. The van der Waals surface area contributed by atoms with Crippen LogP contribution >= 0.6 is 0 Å². The van der Waals surface area contributed by atoms with E-state index in [1.807, 2.05) is 12.1 Å². The van der Waals surface area contributed by atoms with Crippen LogP contribution in [0.1, 0.15) is 22.9 Å². The van der Waals surface area contributed by atoms with Gasteiger partial charge < -0.3 is 18.5 Å². The quantitative estimate of drug-likeness (QED) is 0.168. The molecule has 4 heterocycles. The summed E-state index contributed by atoms with van der Waals surface area (Å²) >= 11 is 0. The predicted octanol–water partition coefficient (Wildman–Crippen LogP) is 14.3. The molecule has 12 aromatic rings. The van der Waals surface area contributed by atoms with Gasteiger partial charge in [0.25, 0.3) is 0 Å². The van der Waals surface area contributed by atoms with Crippen LogP contribution in [-0.4, -0.2) is 32.8 Å². The summed E-state index contributed by atoms with van der Waals surface area (Å²) in [5.41, 5.74) is 13.7. The first-order valence-electron chi connectivity index (χ1n) is 21.7. The molecule has 1 atom stereocenters. The number of aliphatic imine (C=N–C) groups is 2. The van der Waals surface area contributed by atoms with Crippen molar-refractivity contribution in [2.45, 2.75) is 6.17 Å². The summed E-state index contributed by atoms with van der Waals surface area (Å²) in [7, 11) is 2.07.